The minimum atomic E-state index is 1.05. The Bertz CT molecular complexity index is 309. The monoisotopic (exact) mass is 177 g/mol. The molecule has 0 spiro atoms. The van der Waals surface area contributed by atoms with Crippen LogP contribution < -0.4 is 4.72 Å². The van der Waals surface area contributed by atoms with E-state index in [1.54, 1.807) is 11.9 Å². The molecule has 0 unspecified atom stereocenters. The molecule has 62 valence electrons. The number of hydrogen-bond donors (Lipinski definition) is 1. The molecule has 0 saturated heterocycles. The molecule has 0 radical (unpaired) electrons. The maximum Gasteiger partial charge on any atom is 0.0452 e. The van der Waals surface area contributed by atoms with Crippen molar-refractivity contribution in [1.29, 1.82) is 0 Å². The lowest BCUT2D eigenvalue weighted by atomic mass is 10.2. The second-order valence-corrected chi connectivity index (χ2v) is 2.87. The number of anilines is 1. The summed E-state index contributed by atoms with van der Waals surface area (Å²) in [5.74, 6) is 5.88. The van der Waals surface area contributed by atoms with Crippen LogP contribution in [0.25, 0.3) is 0 Å². The quantitative estimate of drug-likeness (QED) is 0.550. The zero-order valence-electron chi connectivity index (χ0n) is 7.22. The lowest BCUT2D eigenvalue weighted by Gasteiger charge is -2.00. The lowest BCUT2D eigenvalue weighted by molar-refractivity contribution is 1.63. The van der Waals surface area contributed by atoms with Crippen LogP contribution >= 0.6 is 11.9 Å². The molecule has 1 aromatic carbocycles. The van der Waals surface area contributed by atoms with Gasteiger partial charge in [-0.05, 0) is 25.1 Å². The van der Waals surface area contributed by atoms with E-state index in [1.807, 2.05) is 37.4 Å². The molecule has 0 aliphatic rings. The van der Waals surface area contributed by atoms with Crippen LogP contribution in [0.3, 0.4) is 0 Å². The molecule has 1 aromatic rings. The minimum absolute atomic E-state index is 1.05. The minimum Gasteiger partial charge on any atom is -0.330 e. The largest absolute Gasteiger partial charge is 0.330 e. The van der Waals surface area contributed by atoms with Crippen LogP contribution in [0.2, 0.25) is 0 Å². The molecule has 0 aliphatic carbocycles. The summed E-state index contributed by atoms with van der Waals surface area (Å²) in [4.78, 5) is 0. The Labute approximate surface area is 77.7 Å². The molecule has 0 amide bonds. The standard InChI is InChI=1S/C10H11NS/c1-3-5-9-6-4-7-10(8-9)11-12-2/h4,6-8,11H,1-2H3. The zero-order chi connectivity index (χ0) is 8.81. The summed E-state index contributed by atoms with van der Waals surface area (Å²) < 4.78 is 3.16. The first-order valence-corrected chi connectivity index (χ1v) is 4.91. The molecule has 1 nitrogen and oxygen atoms in total. The Morgan fingerprint density at radius 1 is 1.42 bits per heavy atom. The van der Waals surface area contributed by atoms with Crippen molar-refractivity contribution < 1.29 is 0 Å². The maximum absolute atomic E-state index is 3.16. The van der Waals surface area contributed by atoms with E-state index in [-0.39, 0.29) is 0 Å². The Kier molecular flexibility index (Phi) is 3.56. The highest BCUT2D eigenvalue weighted by Crippen LogP contribution is 2.12. The van der Waals surface area contributed by atoms with Crippen molar-refractivity contribution in [1.82, 2.24) is 0 Å². The fourth-order valence-electron chi connectivity index (χ4n) is 0.923. The van der Waals surface area contributed by atoms with Crippen molar-refractivity contribution in [3.8, 4) is 11.8 Å². The van der Waals surface area contributed by atoms with Gasteiger partial charge < -0.3 is 4.72 Å². The average molecular weight is 177 g/mol. The summed E-state index contributed by atoms with van der Waals surface area (Å²) >= 11 is 1.58. The summed E-state index contributed by atoms with van der Waals surface area (Å²) in [5, 5.41) is 0. The summed E-state index contributed by atoms with van der Waals surface area (Å²) in [6.07, 6.45) is 2.00. The van der Waals surface area contributed by atoms with Crippen LogP contribution in [0.5, 0.6) is 0 Å². The topological polar surface area (TPSA) is 12.0 Å². The molecule has 0 bridgehead atoms. The number of nitrogens with one attached hydrogen (secondary N) is 1. The normalized spacial score (nSPS) is 8.50. The Balaban J connectivity index is 2.85. The van der Waals surface area contributed by atoms with E-state index in [9.17, 15) is 0 Å². The van der Waals surface area contributed by atoms with Gasteiger partial charge >= 0.3 is 0 Å². The molecular weight excluding hydrogens is 166 g/mol. The van der Waals surface area contributed by atoms with E-state index in [2.05, 4.69) is 16.6 Å². The second kappa shape index (κ2) is 4.74. The molecule has 1 rings (SSSR count). The fraction of sp³-hybridized carbons (Fsp3) is 0.200. The molecular formula is C10H11NS. The second-order valence-electron chi connectivity index (χ2n) is 2.26. The van der Waals surface area contributed by atoms with Gasteiger partial charge in [-0.1, -0.05) is 23.9 Å². The van der Waals surface area contributed by atoms with E-state index in [0.29, 0.717) is 0 Å². The summed E-state index contributed by atoms with van der Waals surface area (Å²) in [6, 6.07) is 8.06. The summed E-state index contributed by atoms with van der Waals surface area (Å²) in [7, 11) is 0. The third kappa shape index (κ3) is 2.52. The molecule has 0 heterocycles. The van der Waals surface area contributed by atoms with Gasteiger partial charge in [0, 0.05) is 17.5 Å². The molecule has 0 aromatic heterocycles. The van der Waals surface area contributed by atoms with E-state index >= 15 is 0 Å². The van der Waals surface area contributed by atoms with Gasteiger partial charge in [0.1, 0.15) is 0 Å². The van der Waals surface area contributed by atoms with Gasteiger partial charge in [-0.25, -0.2) is 0 Å². The predicted molar refractivity (Wildman–Crippen MR) is 56.1 cm³/mol. The number of hydrogen-bond acceptors (Lipinski definition) is 2. The van der Waals surface area contributed by atoms with Crippen molar-refractivity contribution >= 4 is 17.6 Å². The SMILES string of the molecule is CC#Cc1cccc(NSC)c1. The molecule has 0 fully saturated rings. The predicted octanol–water partition coefficient (Wildman–Crippen LogP) is 2.75. The fourth-order valence-corrected chi connectivity index (χ4v) is 1.29. The van der Waals surface area contributed by atoms with E-state index < -0.39 is 0 Å². The molecule has 1 N–H and O–H groups in total. The molecule has 0 saturated carbocycles. The van der Waals surface area contributed by atoms with E-state index in [0.717, 1.165) is 11.3 Å². The first-order valence-electron chi connectivity index (χ1n) is 3.68. The first kappa shape index (κ1) is 9.02. The van der Waals surface area contributed by atoms with Gasteiger partial charge in [-0.15, -0.1) is 5.92 Å². The van der Waals surface area contributed by atoms with Crippen LogP contribution in [-0.2, 0) is 0 Å². The molecule has 12 heavy (non-hydrogen) atoms. The van der Waals surface area contributed by atoms with Crippen molar-refractivity contribution in [2.45, 2.75) is 6.92 Å². The number of benzene rings is 1. The third-order valence-corrected chi connectivity index (χ3v) is 1.79. The highest BCUT2D eigenvalue weighted by Gasteiger charge is 1.90. The van der Waals surface area contributed by atoms with Gasteiger partial charge in [0.2, 0.25) is 0 Å². The lowest BCUT2D eigenvalue weighted by Crippen LogP contribution is -1.84. The Morgan fingerprint density at radius 2 is 2.25 bits per heavy atom. The van der Waals surface area contributed by atoms with E-state index in [1.165, 1.54) is 0 Å². The first-order chi connectivity index (χ1) is 5.86. The van der Waals surface area contributed by atoms with Crippen molar-refractivity contribution in [3.05, 3.63) is 29.8 Å². The Morgan fingerprint density at radius 3 is 2.92 bits per heavy atom. The van der Waals surface area contributed by atoms with Crippen molar-refractivity contribution in [2.75, 3.05) is 11.0 Å². The maximum atomic E-state index is 3.16. The van der Waals surface area contributed by atoms with Gasteiger partial charge in [0.25, 0.3) is 0 Å². The van der Waals surface area contributed by atoms with E-state index in [4.69, 9.17) is 0 Å². The highest BCUT2D eigenvalue weighted by molar-refractivity contribution is 7.99. The molecule has 0 aliphatic heterocycles. The summed E-state index contributed by atoms with van der Waals surface area (Å²) in [5.41, 5.74) is 2.15. The van der Waals surface area contributed by atoms with Crippen LogP contribution in [0.15, 0.2) is 24.3 Å². The highest BCUT2D eigenvalue weighted by atomic mass is 32.2. The zero-order valence-corrected chi connectivity index (χ0v) is 8.03. The van der Waals surface area contributed by atoms with Crippen molar-refractivity contribution in [2.24, 2.45) is 0 Å². The Hall–Kier alpha value is -1.07. The molecule has 0 atom stereocenters. The molecule has 2 heteroatoms. The van der Waals surface area contributed by atoms with Gasteiger partial charge in [0.15, 0.2) is 0 Å². The van der Waals surface area contributed by atoms with Crippen molar-refractivity contribution in [3.63, 3.8) is 0 Å². The van der Waals surface area contributed by atoms with Crippen LogP contribution in [0.1, 0.15) is 12.5 Å². The van der Waals surface area contributed by atoms with Crippen LogP contribution in [-0.4, -0.2) is 6.26 Å². The van der Waals surface area contributed by atoms with Gasteiger partial charge in [-0.2, -0.15) is 0 Å². The van der Waals surface area contributed by atoms with Crippen LogP contribution in [0.4, 0.5) is 5.69 Å². The number of rotatable bonds is 2. The van der Waals surface area contributed by atoms with Crippen LogP contribution in [0, 0.1) is 11.8 Å². The third-order valence-electron chi connectivity index (χ3n) is 1.35. The van der Waals surface area contributed by atoms with Gasteiger partial charge in [-0.3, -0.25) is 0 Å². The smallest absolute Gasteiger partial charge is 0.0452 e. The van der Waals surface area contributed by atoms with Gasteiger partial charge in [0.05, 0.1) is 0 Å². The average Bonchev–Trinajstić information content (AvgIpc) is 2.06. The summed E-state index contributed by atoms with van der Waals surface area (Å²) in [6.45, 7) is 1.84.